The average Bonchev–Trinajstić information content (AvgIpc) is 2.96. The van der Waals surface area contributed by atoms with Crippen LogP contribution in [0.3, 0.4) is 0 Å². The Bertz CT molecular complexity index is 1110. The van der Waals surface area contributed by atoms with Gasteiger partial charge in [-0.3, -0.25) is 0 Å². The molecular weight excluding hydrogens is 473 g/mol. The second kappa shape index (κ2) is 10.7. The molecule has 3 aromatic rings. The van der Waals surface area contributed by atoms with Gasteiger partial charge in [0, 0.05) is 35.6 Å². The van der Waals surface area contributed by atoms with Gasteiger partial charge in [-0.2, -0.15) is 0 Å². The fourth-order valence-corrected chi connectivity index (χ4v) is 5.13. The minimum atomic E-state index is -0.562. The number of likely N-dealkylation sites (tertiary alicyclic amines) is 1. The smallest absolute Gasteiger partial charge is 0.127 e. The van der Waals surface area contributed by atoms with Crippen molar-refractivity contribution in [2.45, 2.75) is 44.2 Å². The average molecular weight is 504 g/mol. The Labute approximate surface area is 212 Å². The van der Waals surface area contributed by atoms with Crippen LogP contribution in [-0.4, -0.2) is 54.1 Å². The number of benzene rings is 3. The molecule has 0 bridgehead atoms. The van der Waals surface area contributed by atoms with Crippen LogP contribution < -0.4 is 9.47 Å². The molecule has 7 heteroatoms. The van der Waals surface area contributed by atoms with Gasteiger partial charge in [-0.1, -0.05) is 48.0 Å². The van der Waals surface area contributed by atoms with Gasteiger partial charge < -0.3 is 24.2 Å². The van der Waals surface area contributed by atoms with Gasteiger partial charge in [0.05, 0.1) is 6.61 Å². The van der Waals surface area contributed by atoms with Gasteiger partial charge in [0.2, 0.25) is 0 Å². The third kappa shape index (κ3) is 5.29. The van der Waals surface area contributed by atoms with E-state index in [2.05, 4.69) is 24.0 Å². The van der Waals surface area contributed by atoms with Crippen molar-refractivity contribution < 1.29 is 19.3 Å². The van der Waals surface area contributed by atoms with E-state index in [4.69, 9.17) is 25.8 Å². The Balaban J connectivity index is 0.00000274. The number of aliphatic hydroxyl groups excluding tert-OH is 1. The van der Waals surface area contributed by atoms with E-state index < -0.39 is 6.10 Å². The molecule has 182 valence electrons. The van der Waals surface area contributed by atoms with E-state index in [1.807, 2.05) is 48.5 Å². The van der Waals surface area contributed by atoms with E-state index in [1.165, 1.54) is 0 Å². The lowest BCUT2D eigenvalue weighted by molar-refractivity contribution is -0.138. The molecule has 2 atom stereocenters. The van der Waals surface area contributed by atoms with Crippen LogP contribution in [0.2, 0.25) is 5.02 Å². The summed E-state index contributed by atoms with van der Waals surface area (Å²) in [5.41, 5.74) is 0.668. The van der Waals surface area contributed by atoms with Gasteiger partial charge >= 0.3 is 0 Å². The zero-order valence-corrected chi connectivity index (χ0v) is 20.9. The summed E-state index contributed by atoms with van der Waals surface area (Å²) in [5.74, 6) is 1.66. The minimum Gasteiger partial charge on any atom is -0.490 e. The molecule has 1 N–H and O–H groups in total. The molecule has 34 heavy (non-hydrogen) atoms. The summed E-state index contributed by atoms with van der Waals surface area (Å²) in [6, 6.07) is 19.8. The van der Waals surface area contributed by atoms with E-state index in [-0.39, 0.29) is 30.7 Å². The SMILES string of the molecule is CC1Oc2ccc(Cl)cc2COC12CCN(CC(O)COc1cccc3ccccc13)CC2.Cl. The Hall–Kier alpha value is -2.02. The minimum absolute atomic E-state index is 0. The van der Waals surface area contributed by atoms with E-state index >= 15 is 0 Å². The molecule has 5 nitrogen and oxygen atoms in total. The summed E-state index contributed by atoms with van der Waals surface area (Å²) in [6.45, 7) is 5.12. The molecule has 2 aliphatic heterocycles. The second-order valence-corrected chi connectivity index (χ2v) is 9.54. The first kappa shape index (κ1) is 25.1. The molecule has 1 fully saturated rings. The highest BCUT2D eigenvalue weighted by atomic mass is 35.5. The van der Waals surface area contributed by atoms with Crippen LogP contribution >= 0.6 is 24.0 Å². The molecule has 0 amide bonds. The number of rotatable bonds is 5. The largest absolute Gasteiger partial charge is 0.490 e. The van der Waals surface area contributed by atoms with Crippen molar-refractivity contribution in [3.63, 3.8) is 0 Å². The lowest BCUT2D eigenvalue weighted by Crippen LogP contribution is -2.54. The first-order chi connectivity index (χ1) is 16.0. The van der Waals surface area contributed by atoms with E-state index in [0.29, 0.717) is 18.2 Å². The number of fused-ring (bicyclic) bond motifs is 2. The molecule has 0 radical (unpaired) electrons. The van der Waals surface area contributed by atoms with Gasteiger partial charge in [0.1, 0.15) is 35.9 Å². The Morgan fingerprint density at radius 3 is 2.71 bits per heavy atom. The molecule has 0 saturated carbocycles. The molecule has 0 aliphatic carbocycles. The summed E-state index contributed by atoms with van der Waals surface area (Å²) < 4.78 is 18.7. The Morgan fingerprint density at radius 1 is 1.12 bits per heavy atom. The summed E-state index contributed by atoms with van der Waals surface area (Å²) in [6.07, 6.45) is 1.09. The van der Waals surface area contributed by atoms with E-state index in [9.17, 15) is 5.11 Å². The zero-order valence-electron chi connectivity index (χ0n) is 19.3. The normalized spacial score (nSPS) is 20.6. The third-order valence-corrected chi connectivity index (χ3v) is 7.17. The number of piperidine rings is 1. The lowest BCUT2D eigenvalue weighted by atomic mass is 9.86. The first-order valence-corrected chi connectivity index (χ1v) is 12.0. The summed E-state index contributed by atoms with van der Waals surface area (Å²) >= 11 is 6.15. The number of β-amino-alcohol motifs (C(OH)–C–C–N with tert-alkyl or cyclic N) is 1. The predicted octanol–water partition coefficient (Wildman–Crippen LogP) is 5.49. The number of hydrogen-bond donors (Lipinski definition) is 1. The highest BCUT2D eigenvalue weighted by Gasteiger charge is 2.44. The van der Waals surface area contributed by atoms with Gasteiger partial charge in [0.25, 0.3) is 0 Å². The Kier molecular flexibility index (Phi) is 7.90. The summed E-state index contributed by atoms with van der Waals surface area (Å²) in [7, 11) is 0. The first-order valence-electron chi connectivity index (χ1n) is 11.6. The van der Waals surface area contributed by atoms with Gasteiger partial charge in [-0.25, -0.2) is 0 Å². The third-order valence-electron chi connectivity index (χ3n) is 6.93. The van der Waals surface area contributed by atoms with Gasteiger partial charge in [0.15, 0.2) is 0 Å². The number of aliphatic hydroxyl groups is 1. The van der Waals surface area contributed by atoms with E-state index in [0.717, 1.165) is 53.8 Å². The molecule has 5 rings (SSSR count). The van der Waals surface area contributed by atoms with Crippen molar-refractivity contribution in [3.05, 3.63) is 71.2 Å². The second-order valence-electron chi connectivity index (χ2n) is 9.11. The summed E-state index contributed by atoms with van der Waals surface area (Å²) in [4.78, 5) is 2.29. The van der Waals surface area contributed by atoms with Crippen LogP contribution in [0.1, 0.15) is 25.3 Å². The zero-order chi connectivity index (χ0) is 22.8. The van der Waals surface area contributed by atoms with Crippen molar-refractivity contribution in [1.29, 1.82) is 0 Å². The molecular formula is C27H31Cl2NO4. The monoisotopic (exact) mass is 503 g/mol. The van der Waals surface area contributed by atoms with Gasteiger partial charge in [-0.15, -0.1) is 12.4 Å². The van der Waals surface area contributed by atoms with Crippen molar-refractivity contribution in [2.75, 3.05) is 26.2 Å². The molecule has 1 saturated heterocycles. The van der Waals surface area contributed by atoms with Crippen LogP contribution in [0.4, 0.5) is 0 Å². The van der Waals surface area contributed by atoms with Crippen molar-refractivity contribution in [2.24, 2.45) is 0 Å². The standard InChI is InChI=1S/C27H30ClNO4.ClH/c1-19-27(32-17-21-15-22(28)9-10-25(21)33-19)11-13-29(14-12-27)16-23(30)18-31-26-8-4-6-20-5-2-3-7-24(20)26;/h2-10,15,19,23,30H,11-14,16-18H2,1H3;1H. The fourth-order valence-electron chi connectivity index (χ4n) is 4.94. The predicted molar refractivity (Wildman–Crippen MR) is 137 cm³/mol. The number of halogens is 2. The highest BCUT2D eigenvalue weighted by Crippen LogP contribution is 2.38. The molecule has 3 aromatic carbocycles. The topological polar surface area (TPSA) is 51.2 Å². The van der Waals surface area contributed by atoms with Gasteiger partial charge in [-0.05, 0) is 49.4 Å². The fraction of sp³-hybridized carbons (Fsp3) is 0.407. The maximum atomic E-state index is 10.6. The number of hydrogen-bond acceptors (Lipinski definition) is 5. The molecule has 0 aromatic heterocycles. The highest BCUT2D eigenvalue weighted by molar-refractivity contribution is 6.30. The van der Waals surface area contributed by atoms with Crippen LogP contribution in [-0.2, 0) is 11.3 Å². The quantitative estimate of drug-likeness (QED) is 0.498. The van der Waals surface area contributed by atoms with Crippen LogP contribution in [0, 0.1) is 0 Å². The summed E-state index contributed by atoms with van der Waals surface area (Å²) in [5, 5.41) is 13.5. The van der Waals surface area contributed by atoms with Crippen molar-refractivity contribution >= 4 is 34.8 Å². The number of ether oxygens (including phenoxy) is 3. The Morgan fingerprint density at radius 2 is 1.88 bits per heavy atom. The molecule has 1 spiro atoms. The maximum Gasteiger partial charge on any atom is 0.127 e. The molecule has 2 heterocycles. The van der Waals surface area contributed by atoms with Crippen LogP contribution in [0.5, 0.6) is 11.5 Å². The lowest BCUT2D eigenvalue weighted by Gasteiger charge is -2.44. The van der Waals surface area contributed by atoms with Crippen LogP contribution in [0.15, 0.2) is 60.7 Å². The van der Waals surface area contributed by atoms with E-state index in [1.54, 1.807) is 0 Å². The maximum absolute atomic E-state index is 10.6. The molecule has 2 unspecified atom stereocenters. The van der Waals surface area contributed by atoms with Crippen molar-refractivity contribution in [3.8, 4) is 11.5 Å². The van der Waals surface area contributed by atoms with Crippen LogP contribution in [0.25, 0.3) is 10.8 Å². The molecule has 2 aliphatic rings. The number of nitrogens with zero attached hydrogens (tertiary/aromatic N) is 1. The van der Waals surface area contributed by atoms with Crippen molar-refractivity contribution in [1.82, 2.24) is 4.90 Å².